The molecule has 0 heterocycles. The van der Waals surface area contributed by atoms with E-state index in [1.54, 1.807) is 0 Å². The van der Waals surface area contributed by atoms with Gasteiger partial charge in [-0.3, -0.25) is 0 Å². The standard InChI is InChI=1S/C13H18N.Li/c1-3-5-11-14(4-2)12-13-9-7-6-8-10-13;/h3,5-10H,1,4,11-12H2,2H3;/q-1;+1/b5-3+;. The van der Waals surface area contributed by atoms with Crippen molar-refractivity contribution in [1.29, 1.82) is 0 Å². The van der Waals surface area contributed by atoms with E-state index in [1.807, 2.05) is 6.08 Å². The monoisotopic (exact) mass is 195 g/mol. The largest absolute Gasteiger partial charge is 1.00 e. The number of hydrogen-bond donors (Lipinski definition) is 0. The van der Waals surface area contributed by atoms with Crippen molar-refractivity contribution in [3.8, 4) is 0 Å². The molecule has 0 aliphatic rings. The van der Waals surface area contributed by atoms with Crippen LogP contribution in [0.3, 0.4) is 0 Å². The van der Waals surface area contributed by atoms with Gasteiger partial charge in [0.15, 0.2) is 0 Å². The molecule has 76 valence electrons. The van der Waals surface area contributed by atoms with Crippen LogP contribution in [-0.2, 0) is 6.54 Å². The van der Waals surface area contributed by atoms with E-state index in [4.69, 9.17) is 0 Å². The number of likely N-dealkylation sites (N-methyl/N-ethyl adjacent to an activating group) is 1. The Bertz CT molecular complexity index is 269. The Morgan fingerprint density at radius 1 is 1.27 bits per heavy atom. The molecule has 15 heavy (non-hydrogen) atoms. The molecule has 0 radical (unpaired) electrons. The van der Waals surface area contributed by atoms with E-state index in [-0.39, 0.29) is 18.9 Å². The van der Waals surface area contributed by atoms with E-state index in [2.05, 4.69) is 55.2 Å². The van der Waals surface area contributed by atoms with Gasteiger partial charge in [-0.05, 0) is 18.7 Å². The summed E-state index contributed by atoms with van der Waals surface area (Å²) in [5, 5.41) is 0. The van der Waals surface area contributed by atoms with E-state index < -0.39 is 0 Å². The van der Waals surface area contributed by atoms with Crippen LogP contribution in [0.25, 0.3) is 0 Å². The maximum atomic E-state index is 3.69. The molecule has 0 saturated carbocycles. The minimum atomic E-state index is 0. The maximum absolute atomic E-state index is 3.69. The Balaban J connectivity index is 0.00000196. The summed E-state index contributed by atoms with van der Waals surface area (Å²) in [6, 6.07) is 10.5. The second kappa shape index (κ2) is 8.68. The van der Waals surface area contributed by atoms with Crippen molar-refractivity contribution in [3.63, 3.8) is 0 Å². The fraction of sp³-hybridized carbons (Fsp3) is 0.308. The molecule has 1 aromatic carbocycles. The molecule has 0 amide bonds. The molecular weight excluding hydrogens is 177 g/mol. The Kier molecular flexibility index (Phi) is 8.32. The van der Waals surface area contributed by atoms with Crippen LogP contribution < -0.4 is 18.9 Å². The fourth-order valence-electron chi connectivity index (χ4n) is 1.37. The summed E-state index contributed by atoms with van der Waals surface area (Å²) in [6.45, 7) is 8.94. The summed E-state index contributed by atoms with van der Waals surface area (Å²) in [5.74, 6) is 0. The van der Waals surface area contributed by atoms with E-state index in [0.717, 1.165) is 19.6 Å². The average Bonchev–Trinajstić information content (AvgIpc) is 2.25. The van der Waals surface area contributed by atoms with Gasteiger partial charge in [0.25, 0.3) is 0 Å². The van der Waals surface area contributed by atoms with Gasteiger partial charge >= 0.3 is 18.9 Å². The predicted molar refractivity (Wildman–Crippen MR) is 61.9 cm³/mol. The zero-order valence-electron chi connectivity index (χ0n) is 9.82. The van der Waals surface area contributed by atoms with E-state index >= 15 is 0 Å². The van der Waals surface area contributed by atoms with Crippen molar-refractivity contribution in [3.05, 3.63) is 55.0 Å². The fourth-order valence-corrected chi connectivity index (χ4v) is 1.37. The molecule has 0 spiro atoms. The summed E-state index contributed by atoms with van der Waals surface area (Å²) >= 11 is 0. The van der Waals surface area contributed by atoms with Gasteiger partial charge in [-0.2, -0.15) is 0 Å². The number of rotatable bonds is 5. The van der Waals surface area contributed by atoms with Crippen molar-refractivity contribution >= 4 is 0 Å². The molecule has 1 aromatic rings. The van der Waals surface area contributed by atoms with Crippen LogP contribution in [-0.4, -0.2) is 18.0 Å². The molecule has 0 aliphatic carbocycles. The normalized spacial score (nSPS) is 10.5. The van der Waals surface area contributed by atoms with Gasteiger partial charge in [-0.25, -0.2) is 19.1 Å². The molecule has 0 unspecified atom stereocenters. The summed E-state index contributed by atoms with van der Waals surface area (Å²) in [4.78, 5) is 2.37. The SMILES string of the molecule is [CH2-]/C=C/CN(CC)Cc1ccccc1.[Li+]. The van der Waals surface area contributed by atoms with Crippen molar-refractivity contribution in [2.24, 2.45) is 0 Å². The number of benzene rings is 1. The first kappa shape index (κ1) is 14.4. The predicted octanol–water partition coefficient (Wildman–Crippen LogP) is -0.0972. The van der Waals surface area contributed by atoms with Gasteiger partial charge < -0.3 is 4.90 Å². The second-order valence-corrected chi connectivity index (χ2v) is 3.28. The molecule has 1 rings (SSSR count). The number of allylic oxidation sites excluding steroid dienone is 1. The Morgan fingerprint density at radius 2 is 1.93 bits per heavy atom. The zero-order valence-corrected chi connectivity index (χ0v) is 9.82. The average molecular weight is 195 g/mol. The third-order valence-corrected chi connectivity index (χ3v) is 2.23. The first-order chi connectivity index (χ1) is 6.86. The van der Waals surface area contributed by atoms with E-state index in [0.29, 0.717) is 0 Å². The third-order valence-electron chi connectivity index (χ3n) is 2.23. The molecule has 0 saturated heterocycles. The van der Waals surface area contributed by atoms with Crippen molar-refractivity contribution < 1.29 is 18.9 Å². The second-order valence-electron chi connectivity index (χ2n) is 3.28. The van der Waals surface area contributed by atoms with Gasteiger partial charge in [-0.15, -0.1) is 0 Å². The number of hydrogen-bond acceptors (Lipinski definition) is 1. The minimum absolute atomic E-state index is 0. The van der Waals surface area contributed by atoms with Crippen LogP contribution in [0.4, 0.5) is 0 Å². The van der Waals surface area contributed by atoms with Crippen molar-refractivity contribution in [2.45, 2.75) is 13.5 Å². The van der Waals surface area contributed by atoms with Crippen LogP contribution in [0.1, 0.15) is 12.5 Å². The van der Waals surface area contributed by atoms with Crippen LogP contribution in [0, 0.1) is 6.92 Å². The Morgan fingerprint density at radius 3 is 2.47 bits per heavy atom. The smallest absolute Gasteiger partial charge is 0.312 e. The third kappa shape index (κ3) is 5.74. The molecule has 1 nitrogen and oxygen atoms in total. The maximum Gasteiger partial charge on any atom is 1.00 e. The summed E-state index contributed by atoms with van der Waals surface area (Å²) < 4.78 is 0. The van der Waals surface area contributed by atoms with Crippen molar-refractivity contribution in [1.82, 2.24) is 4.90 Å². The summed E-state index contributed by atoms with van der Waals surface area (Å²) in [7, 11) is 0. The zero-order chi connectivity index (χ0) is 10.2. The summed E-state index contributed by atoms with van der Waals surface area (Å²) in [6.07, 6.45) is 3.94. The molecule has 0 N–H and O–H groups in total. The van der Waals surface area contributed by atoms with Gasteiger partial charge in [0.2, 0.25) is 0 Å². The van der Waals surface area contributed by atoms with Gasteiger partial charge in [-0.1, -0.05) is 37.3 Å². The van der Waals surface area contributed by atoms with Crippen LogP contribution in [0.15, 0.2) is 42.5 Å². The quantitative estimate of drug-likeness (QED) is 0.468. The molecule has 0 fully saturated rings. The molecule has 0 aliphatic heterocycles. The van der Waals surface area contributed by atoms with E-state index in [9.17, 15) is 0 Å². The van der Waals surface area contributed by atoms with Gasteiger partial charge in [0, 0.05) is 6.54 Å². The first-order valence-electron chi connectivity index (χ1n) is 5.07. The molecule has 0 atom stereocenters. The minimum Gasteiger partial charge on any atom is -0.312 e. The molecule has 0 bridgehead atoms. The number of nitrogens with zero attached hydrogens (tertiary/aromatic N) is 1. The molecular formula is C13H18LiN. The van der Waals surface area contributed by atoms with E-state index in [1.165, 1.54) is 5.56 Å². The molecule has 0 aromatic heterocycles. The Hall–Kier alpha value is -0.613. The van der Waals surface area contributed by atoms with Crippen LogP contribution >= 0.6 is 0 Å². The van der Waals surface area contributed by atoms with Crippen molar-refractivity contribution in [2.75, 3.05) is 13.1 Å². The topological polar surface area (TPSA) is 3.24 Å². The van der Waals surface area contributed by atoms with Gasteiger partial charge in [0.05, 0.1) is 0 Å². The van der Waals surface area contributed by atoms with Gasteiger partial charge in [0.1, 0.15) is 0 Å². The summed E-state index contributed by atoms with van der Waals surface area (Å²) in [5.41, 5.74) is 1.37. The molecule has 2 heteroatoms. The first-order valence-corrected chi connectivity index (χ1v) is 5.07. The van der Waals surface area contributed by atoms with Crippen LogP contribution in [0.5, 0.6) is 0 Å². The van der Waals surface area contributed by atoms with Crippen LogP contribution in [0.2, 0.25) is 0 Å². The Labute approximate surface area is 105 Å².